The van der Waals surface area contributed by atoms with E-state index >= 15 is 0 Å². The molecular weight excluding hydrogens is 204 g/mol. The van der Waals surface area contributed by atoms with E-state index in [4.69, 9.17) is 16.0 Å². The van der Waals surface area contributed by atoms with Crippen LogP contribution in [0.2, 0.25) is 0 Å². The summed E-state index contributed by atoms with van der Waals surface area (Å²) in [6, 6.07) is 0. The summed E-state index contributed by atoms with van der Waals surface area (Å²) < 4.78 is 5.19. The average Bonchev–Trinajstić information content (AvgIpc) is 2.58. The topological polar surface area (TPSA) is 55.1 Å². The summed E-state index contributed by atoms with van der Waals surface area (Å²) in [5.41, 5.74) is 0. The third kappa shape index (κ3) is 3.79. The van der Waals surface area contributed by atoms with Crippen LogP contribution in [-0.4, -0.2) is 16.8 Å². The zero-order valence-electron chi connectivity index (χ0n) is 8.05. The Morgan fingerprint density at radius 3 is 3.07 bits per heavy atom. The van der Waals surface area contributed by atoms with E-state index in [1.165, 1.54) is 0 Å². The van der Waals surface area contributed by atoms with E-state index in [1.54, 1.807) is 6.20 Å². The first-order valence-electron chi connectivity index (χ1n) is 4.46. The number of alkyl halides is 1. The zero-order valence-corrected chi connectivity index (χ0v) is 8.80. The van der Waals surface area contributed by atoms with Crippen molar-refractivity contribution in [1.29, 1.82) is 0 Å². The van der Waals surface area contributed by atoms with Gasteiger partial charge in [0.2, 0.25) is 11.8 Å². The number of amides is 1. The third-order valence-electron chi connectivity index (χ3n) is 1.64. The largest absolute Gasteiger partial charge is 0.444 e. The minimum Gasteiger partial charge on any atom is -0.444 e. The normalized spacial score (nSPS) is 10.1. The second kappa shape index (κ2) is 5.65. The smallest absolute Gasteiger partial charge is 0.220 e. The van der Waals surface area contributed by atoms with Crippen LogP contribution in [0, 0.1) is 6.92 Å². The predicted octanol–water partition coefficient (Wildman–Crippen LogP) is 1.62. The van der Waals surface area contributed by atoms with Crippen LogP contribution >= 0.6 is 11.6 Å². The number of oxazole rings is 1. The molecule has 1 N–H and O–H groups in total. The second-order valence-electron chi connectivity index (χ2n) is 2.93. The monoisotopic (exact) mass is 216 g/mol. The highest BCUT2D eigenvalue weighted by atomic mass is 35.5. The molecule has 1 rings (SSSR count). The lowest BCUT2D eigenvalue weighted by Crippen LogP contribution is -2.22. The van der Waals surface area contributed by atoms with Crippen molar-refractivity contribution in [1.82, 2.24) is 10.3 Å². The van der Waals surface area contributed by atoms with Gasteiger partial charge in [0, 0.05) is 12.3 Å². The second-order valence-corrected chi connectivity index (χ2v) is 3.31. The van der Waals surface area contributed by atoms with Crippen molar-refractivity contribution in [3.8, 4) is 0 Å². The molecule has 0 aromatic carbocycles. The summed E-state index contributed by atoms with van der Waals surface area (Å²) in [5, 5.41) is 2.69. The maximum absolute atomic E-state index is 11.1. The summed E-state index contributed by atoms with van der Waals surface area (Å²) >= 11 is 5.46. The fourth-order valence-corrected chi connectivity index (χ4v) is 1.11. The number of nitrogens with one attached hydrogen (secondary N) is 1. The Bertz CT molecular complexity index is 299. The number of hydrogen-bond acceptors (Lipinski definition) is 3. The van der Waals surface area contributed by atoms with E-state index in [0.717, 1.165) is 5.76 Å². The van der Waals surface area contributed by atoms with Crippen LogP contribution in [0.1, 0.15) is 24.5 Å². The lowest BCUT2D eigenvalue weighted by atomic mass is 10.3. The summed E-state index contributed by atoms with van der Waals surface area (Å²) in [6.45, 7) is 2.15. The van der Waals surface area contributed by atoms with Crippen molar-refractivity contribution in [3.05, 3.63) is 17.8 Å². The molecule has 0 unspecified atom stereocenters. The van der Waals surface area contributed by atoms with Crippen molar-refractivity contribution in [3.63, 3.8) is 0 Å². The molecule has 1 amide bonds. The lowest BCUT2D eigenvalue weighted by Gasteiger charge is -2.00. The highest BCUT2D eigenvalue weighted by Crippen LogP contribution is 2.01. The lowest BCUT2D eigenvalue weighted by molar-refractivity contribution is -0.121. The number of rotatable bonds is 5. The molecular formula is C9H13ClN2O2. The Morgan fingerprint density at radius 1 is 1.71 bits per heavy atom. The van der Waals surface area contributed by atoms with E-state index in [9.17, 15) is 4.79 Å². The number of nitrogens with zero attached hydrogens (tertiary/aromatic N) is 1. The molecule has 0 bridgehead atoms. The molecule has 0 aliphatic rings. The minimum atomic E-state index is -0.0264. The summed E-state index contributed by atoms with van der Waals surface area (Å²) in [7, 11) is 0. The third-order valence-corrected chi connectivity index (χ3v) is 1.91. The molecule has 0 fully saturated rings. The van der Waals surface area contributed by atoms with Crippen LogP contribution in [0.3, 0.4) is 0 Å². The Morgan fingerprint density at radius 2 is 2.50 bits per heavy atom. The molecule has 78 valence electrons. The number of aromatic nitrogens is 1. The maximum atomic E-state index is 11.1. The summed E-state index contributed by atoms with van der Waals surface area (Å²) in [6.07, 6.45) is 2.77. The van der Waals surface area contributed by atoms with Gasteiger partial charge in [-0.3, -0.25) is 4.79 Å². The Hall–Kier alpha value is -1.03. The van der Waals surface area contributed by atoms with Gasteiger partial charge in [0.1, 0.15) is 5.76 Å². The standard InChI is InChI=1S/C9H13ClN2O2/c1-7-5-12-9(14-7)6-11-8(13)3-2-4-10/h5H,2-4,6H2,1H3,(H,11,13). The average molecular weight is 217 g/mol. The number of halogens is 1. The van der Waals surface area contributed by atoms with Gasteiger partial charge >= 0.3 is 0 Å². The molecule has 0 aliphatic carbocycles. The molecule has 14 heavy (non-hydrogen) atoms. The van der Waals surface area contributed by atoms with E-state index in [0.29, 0.717) is 31.2 Å². The number of hydrogen-bond donors (Lipinski definition) is 1. The van der Waals surface area contributed by atoms with Gasteiger partial charge in [0.05, 0.1) is 12.7 Å². The number of carbonyl (C=O) groups excluding carboxylic acids is 1. The quantitative estimate of drug-likeness (QED) is 0.761. The zero-order chi connectivity index (χ0) is 10.4. The predicted molar refractivity (Wildman–Crippen MR) is 53.0 cm³/mol. The van der Waals surface area contributed by atoms with Crippen LogP contribution in [0.5, 0.6) is 0 Å². The van der Waals surface area contributed by atoms with Crippen molar-refractivity contribution in [2.24, 2.45) is 0 Å². The van der Waals surface area contributed by atoms with Crippen molar-refractivity contribution in [2.75, 3.05) is 5.88 Å². The molecule has 0 saturated carbocycles. The van der Waals surface area contributed by atoms with Crippen molar-refractivity contribution < 1.29 is 9.21 Å². The molecule has 0 aliphatic heterocycles. The van der Waals surface area contributed by atoms with Crippen LogP contribution < -0.4 is 5.32 Å². The molecule has 0 saturated heterocycles. The first kappa shape index (κ1) is 11.0. The van der Waals surface area contributed by atoms with Gasteiger partial charge in [-0.25, -0.2) is 4.98 Å². The number of aryl methyl sites for hydroxylation is 1. The van der Waals surface area contributed by atoms with Crippen LogP contribution in [0.4, 0.5) is 0 Å². The molecule has 1 aromatic heterocycles. The molecule has 5 heteroatoms. The fraction of sp³-hybridized carbons (Fsp3) is 0.556. The van der Waals surface area contributed by atoms with Crippen molar-refractivity contribution in [2.45, 2.75) is 26.3 Å². The molecule has 4 nitrogen and oxygen atoms in total. The van der Waals surface area contributed by atoms with Crippen molar-refractivity contribution >= 4 is 17.5 Å². The summed E-state index contributed by atoms with van der Waals surface area (Å²) in [4.78, 5) is 15.1. The minimum absolute atomic E-state index is 0.0264. The molecule has 0 radical (unpaired) electrons. The van der Waals surface area contributed by atoms with Gasteiger partial charge in [-0.15, -0.1) is 11.6 Å². The van der Waals surface area contributed by atoms with Gasteiger partial charge in [-0.2, -0.15) is 0 Å². The van der Waals surface area contributed by atoms with Crippen LogP contribution in [-0.2, 0) is 11.3 Å². The molecule has 0 atom stereocenters. The molecule has 1 aromatic rings. The summed E-state index contributed by atoms with van der Waals surface area (Å²) in [5.74, 6) is 1.75. The maximum Gasteiger partial charge on any atom is 0.220 e. The van der Waals surface area contributed by atoms with Crippen LogP contribution in [0.25, 0.3) is 0 Å². The molecule has 0 spiro atoms. The van der Waals surface area contributed by atoms with E-state index < -0.39 is 0 Å². The highest BCUT2D eigenvalue weighted by molar-refractivity contribution is 6.17. The van der Waals surface area contributed by atoms with Gasteiger partial charge < -0.3 is 9.73 Å². The first-order chi connectivity index (χ1) is 6.72. The van der Waals surface area contributed by atoms with Gasteiger partial charge in [-0.05, 0) is 13.3 Å². The fourth-order valence-electron chi connectivity index (χ4n) is 0.973. The highest BCUT2D eigenvalue weighted by Gasteiger charge is 2.03. The molecule has 1 heterocycles. The first-order valence-corrected chi connectivity index (χ1v) is 5.00. The van der Waals surface area contributed by atoms with E-state index in [1.807, 2.05) is 6.92 Å². The van der Waals surface area contributed by atoms with Gasteiger partial charge in [0.15, 0.2) is 0 Å². The van der Waals surface area contributed by atoms with Gasteiger partial charge in [-0.1, -0.05) is 0 Å². The van der Waals surface area contributed by atoms with E-state index in [2.05, 4.69) is 10.3 Å². The Kier molecular flexibility index (Phi) is 4.46. The number of carbonyl (C=O) groups is 1. The van der Waals surface area contributed by atoms with Crippen LogP contribution in [0.15, 0.2) is 10.6 Å². The Balaban J connectivity index is 2.23. The Labute approximate surface area is 87.6 Å². The van der Waals surface area contributed by atoms with Gasteiger partial charge in [0.25, 0.3) is 0 Å². The SMILES string of the molecule is Cc1cnc(CNC(=O)CCCCl)o1. The van der Waals surface area contributed by atoms with E-state index in [-0.39, 0.29) is 5.91 Å².